The number of rotatable bonds is 7. The maximum Gasteiger partial charge on any atom is 0.315 e. The van der Waals surface area contributed by atoms with E-state index >= 15 is 0 Å². The van der Waals surface area contributed by atoms with Gasteiger partial charge >= 0.3 is 12.0 Å². The van der Waals surface area contributed by atoms with Crippen LogP contribution in [0.3, 0.4) is 0 Å². The van der Waals surface area contributed by atoms with Crippen LogP contribution in [-0.2, 0) is 4.79 Å². The molecule has 2 amide bonds. The van der Waals surface area contributed by atoms with Crippen molar-refractivity contribution >= 4 is 23.8 Å². The van der Waals surface area contributed by atoms with Crippen LogP contribution in [0.15, 0.2) is 0 Å². The van der Waals surface area contributed by atoms with Gasteiger partial charge in [-0.1, -0.05) is 6.92 Å². The molecule has 0 aromatic rings. The molecule has 0 aliphatic rings. The zero-order valence-electron chi connectivity index (χ0n) is 10.9. The summed E-state index contributed by atoms with van der Waals surface area (Å²) >= 11 is 1.75. The second-order valence-electron chi connectivity index (χ2n) is 4.61. The predicted octanol–water partition coefficient (Wildman–Crippen LogP) is 1.68. The molecule has 0 aromatic carbocycles. The van der Waals surface area contributed by atoms with Gasteiger partial charge in [-0.15, -0.1) is 0 Å². The normalized spacial score (nSPS) is 12.9. The number of hydrogen-bond donors (Lipinski definition) is 3. The summed E-state index contributed by atoms with van der Waals surface area (Å²) in [7, 11) is 0. The molecule has 6 heteroatoms. The van der Waals surface area contributed by atoms with Crippen LogP contribution < -0.4 is 10.6 Å². The van der Waals surface area contributed by atoms with E-state index in [9.17, 15) is 9.59 Å². The minimum atomic E-state index is -0.926. The number of carbonyl (C=O) groups is 2. The van der Waals surface area contributed by atoms with Crippen molar-refractivity contribution < 1.29 is 14.7 Å². The van der Waals surface area contributed by atoms with E-state index in [-0.39, 0.29) is 18.5 Å². The third kappa shape index (κ3) is 8.85. The molecule has 3 N–H and O–H groups in total. The molecule has 1 unspecified atom stereocenters. The summed E-state index contributed by atoms with van der Waals surface area (Å²) in [6, 6.07) is -0.249. The zero-order chi connectivity index (χ0) is 13.5. The Kier molecular flexibility index (Phi) is 7.03. The summed E-state index contributed by atoms with van der Waals surface area (Å²) in [5, 5.41) is 14.1. The summed E-state index contributed by atoms with van der Waals surface area (Å²) in [5.74, 6) is 0.936. The number of amides is 2. The van der Waals surface area contributed by atoms with E-state index in [4.69, 9.17) is 5.11 Å². The van der Waals surface area contributed by atoms with Gasteiger partial charge in [-0.2, -0.15) is 11.8 Å². The minimum Gasteiger partial charge on any atom is -0.481 e. The molecule has 5 nitrogen and oxygen atoms in total. The number of aliphatic carboxylic acids is 1. The minimum absolute atomic E-state index is 0.0700. The molecule has 0 saturated heterocycles. The topological polar surface area (TPSA) is 78.4 Å². The maximum atomic E-state index is 11.6. The zero-order valence-corrected chi connectivity index (χ0v) is 11.7. The van der Waals surface area contributed by atoms with Crippen molar-refractivity contribution in [2.75, 3.05) is 11.5 Å². The van der Waals surface area contributed by atoms with Crippen LogP contribution in [-0.4, -0.2) is 40.2 Å². The van der Waals surface area contributed by atoms with E-state index in [1.807, 2.05) is 6.92 Å². The standard InChI is InChI=1S/C11H22N2O3S/c1-5-17-7-8(2)12-10(16)13-11(3,4)6-9(14)15/h8H,5-7H2,1-4H3,(H,14,15)(H2,12,13,16). The molecule has 100 valence electrons. The molecule has 17 heavy (non-hydrogen) atoms. The Bertz CT molecular complexity index is 269. The Hall–Kier alpha value is -0.910. The number of thioether (sulfide) groups is 1. The van der Waals surface area contributed by atoms with Crippen LogP contribution in [0, 0.1) is 0 Å². The highest BCUT2D eigenvalue weighted by Gasteiger charge is 2.24. The van der Waals surface area contributed by atoms with E-state index in [1.54, 1.807) is 25.6 Å². The highest BCUT2D eigenvalue weighted by molar-refractivity contribution is 7.99. The summed E-state index contributed by atoms with van der Waals surface area (Å²) < 4.78 is 0. The highest BCUT2D eigenvalue weighted by atomic mass is 32.2. The van der Waals surface area contributed by atoms with Crippen LogP contribution in [0.4, 0.5) is 4.79 Å². The van der Waals surface area contributed by atoms with Gasteiger partial charge in [0.15, 0.2) is 0 Å². The van der Waals surface area contributed by atoms with Gasteiger partial charge in [-0.05, 0) is 26.5 Å². The first kappa shape index (κ1) is 16.1. The van der Waals surface area contributed by atoms with E-state index in [2.05, 4.69) is 17.6 Å². The highest BCUT2D eigenvalue weighted by Crippen LogP contribution is 2.08. The van der Waals surface area contributed by atoms with Crippen LogP contribution in [0.2, 0.25) is 0 Å². The Morgan fingerprint density at radius 3 is 2.47 bits per heavy atom. The Morgan fingerprint density at radius 1 is 1.41 bits per heavy atom. The molecular formula is C11H22N2O3S. The number of nitrogens with one attached hydrogen (secondary N) is 2. The number of carboxylic acids is 1. The van der Waals surface area contributed by atoms with Gasteiger partial charge in [0.05, 0.1) is 6.42 Å². The Labute approximate surface area is 107 Å². The molecule has 0 heterocycles. The maximum absolute atomic E-state index is 11.6. The third-order valence-corrected chi connectivity index (χ3v) is 3.14. The van der Waals surface area contributed by atoms with Crippen molar-refractivity contribution in [1.29, 1.82) is 0 Å². The molecule has 1 atom stereocenters. The summed E-state index contributed by atoms with van der Waals surface area (Å²) in [5.41, 5.74) is -0.743. The lowest BCUT2D eigenvalue weighted by molar-refractivity contribution is -0.138. The first-order valence-electron chi connectivity index (χ1n) is 5.65. The predicted molar refractivity (Wildman–Crippen MR) is 70.5 cm³/mol. The van der Waals surface area contributed by atoms with Gasteiger partial charge in [0, 0.05) is 17.3 Å². The van der Waals surface area contributed by atoms with Crippen molar-refractivity contribution in [2.45, 2.75) is 45.7 Å². The lowest BCUT2D eigenvalue weighted by Gasteiger charge is -2.25. The van der Waals surface area contributed by atoms with Crippen molar-refractivity contribution in [3.05, 3.63) is 0 Å². The molecule has 0 radical (unpaired) electrons. The fourth-order valence-corrected chi connectivity index (χ4v) is 2.00. The fourth-order valence-electron chi connectivity index (χ4n) is 1.33. The quantitative estimate of drug-likeness (QED) is 0.652. The van der Waals surface area contributed by atoms with Crippen LogP contribution in [0.1, 0.15) is 34.1 Å². The van der Waals surface area contributed by atoms with Gasteiger partial charge in [0.25, 0.3) is 0 Å². The molecule has 0 bridgehead atoms. The van der Waals surface area contributed by atoms with Crippen LogP contribution in [0.25, 0.3) is 0 Å². The first-order chi connectivity index (χ1) is 7.76. The monoisotopic (exact) mass is 262 g/mol. The van der Waals surface area contributed by atoms with E-state index in [0.717, 1.165) is 11.5 Å². The molecule has 0 fully saturated rings. The molecule has 0 aromatic heterocycles. The van der Waals surface area contributed by atoms with Gasteiger partial charge in [-0.3, -0.25) is 4.79 Å². The number of urea groups is 1. The molecule has 0 saturated carbocycles. The molecule has 0 rings (SSSR count). The van der Waals surface area contributed by atoms with E-state index in [0.29, 0.717) is 0 Å². The SMILES string of the molecule is CCSCC(C)NC(=O)NC(C)(C)CC(=O)O. The van der Waals surface area contributed by atoms with Crippen LogP contribution in [0.5, 0.6) is 0 Å². The molecular weight excluding hydrogens is 240 g/mol. The first-order valence-corrected chi connectivity index (χ1v) is 6.80. The average molecular weight is 262 g/mol. The molecule has 0 spiro atoms. The number of carboxylic acid groups (broad SMARTS) is 1. The van der Waals surface area contributed by atoms with Crippen molar-refractivity contribution in [3.8, 4) is 0 Å². The summed E-state index contributed by atoms with van der Waals surface area (Å²) in [6.45, 7) is 7.36. The summed E-state index contributed by atoms with van der Waals surface area (Å²) in [4.78, 5) is 22.2. The van der Waals surface area contributed by atoms with Gasteiger partial charge in [0.1, 0.15) is 0 Å². The van der Waals surface area contributed by atoms with Crippen molar-refractivity contribution in [1.82, 2.24) is 10.6 Å². The van der Waals surface area contributed by atoms with Gasteiger partial charge in [-0.25, -0.2) is 4.79 Å². The van der Waals surface area contributed by atoms with Gasteiger partial charge in [0.2, 0.25) is 0 Å². The van der Waals surface area contributed by atoms with Crippen molar-refractivity contribution in [2.24, 2.45) is 0 Å². The second kappa shape index (κ2) is 7.42. The number of carbonyl (C=O) groups excluding carboxylic acids is 1. The lowest BCUT2D eigenvalue weighted by Crippen LogP contribution is -2.51. The van der Waals surface area contributed by atoms with E-state index < -0.39 is 11.5 Å². The molecule has 0 aliphatic carbocycles. The average Bonchev–Trinajstić information content (AvgIpc) is 2.10. The third-order valence-electron chi connectivity index (χ3n) is 1.99. The summed E-state index contributed by atoms with van der Waals surface area (Å²) in [6.07, 6.45) is -0.0987. The van der Waals surface area contributed by atoms with Gasteiger partial charge < -0.3 is 15.7 Å². The van der Waals surface area contributed by atoms with Crippen LogP contribution >= 0.6 is 11.8 Å². The molecule has 0 aliphatic heterocycles. The fraction of sp³-hybridized carbons (Fsp3) is 0.818. The number of hydrogen-bond acceptors (Lipinski definition) is 3. The largest absolute Gasteiger partial charge is 0.481 e. The van der Waals surface area contributed by atoms with Crippen molar-refractivity contribution in [3.63, 3.8) is 0 Å². The second-order valence-corrected chi connectivity index (χ2v) is 5.93. The Balaban J connectivity index is 4.03. The smallest absolute Gasteiger partial charge is 0.315 e. The lowest BCUT2D eigenvalue weighted by atomic mass is 10.0. The van der Waals surface area contributed by atoms with E-state index in [1.165, 1.54) is 0 Å². The Morgan fingerprint density at radius 2 is 2.00 bits per heavy atom.